The molecule has 8 nitrogen and oxygen atoms in total. The summed E-state index contributed by atoms with van der Waals surface area (Å²) in [6, 6.07) is 8.70. The van der Waals surface area contributed by atoms with Crippen LogP contribution in [0, 0.1) is 5.41 Å². The van der Waals surface area contributed by atoms with Gasteiger partial charge >= 0.3 is 0 Å². The molecule has 0 N–H and O–H groups in total. The van der Waals surface area contributed by atoms with Gasteiger partial charge in [0.2, 0.25) is 11.8 Å². The molecule has 56 heavy (non-hydrogen) atoms. The lowest BCUT2D eigenvalue weighted by Gasteiger charge is -2.42. The Kier molecular flexibility index (Phi) is 25.7. The smallest absolute Gasteiger partial charge is 0.243 e. The summed E-state index contributed by atoms with van der Waals surface area (Å²) >= 11 is 0. The van der Waals surface area contributed by atoms with Crippen LogP contribution in [0.25, 0.3) is 0 Å². The summed E-state index contributed by atoms with van der Waals surface area (Å²) in [5, 5.41) is 0. The topological polar surface area (TPSA) is 53.6 Å². The zero-order valence-corrected chi connectivity index (χ0v) is 39.2. The maximum absolute atomic E-state index is 15.8. The van der Waals surface area contributed by atoms with Crippen molar-refractivity contribution in [3.8, 4) is 0 Å². The van der Waals surface area contributed by atoms with Crippen LogP contribution >= 0.6 is 21.6 Å². The van der Waals surface area contributed by atoms with E-state index in [9.17, 15) is 0 Å². The van der Waals surface area contributed by atoms with Gasteiger partial charge in [0.15, 0.2) is 5.41 Å². The molecule has 320 valence electrons. The molecule has 1 aromatic carbocycles. The van der Waals surface area contributed by atoms with Crippen molar-refractivity contribution in [1.82, 2.24) is 29.4 Å². The van der Waals surface area contributed by atoms with Crippen LogP contribution in [-0.2, 0) is 16.0 Å². The molecule has 1 aliphatic carbocycles. The molecule has 0 spiro atoms. The van der Waals surface area contributed by atoms with Crippen LogP contribution in [-0.4, -0.2) is 146 Å². The lowest BCUT2D eigenvalue weighted by Crippen LogP contribution is -2.56. The first-order chi connectivity index (χ1) is 27.1. The van der Waals surface area contributed by atoms with Crippen LogP contribution in [0.4, 0.5) is 0 Å². The molecule has 10 heteroatoms. The summed E-state index contributed by atoms with van der Waals surface area (Å²) in [5.74, 6) is -0.0146. The second-order valence-electron chi connectivity index (χ2n) is 15.0. The summed E-state index contributed by atoms with van der Waals surface area (Å²) in [5.41, 5.74) is 1.20. The van der Waals surface area contributed by atoms with Crippen molar-refractivity contribution < 1.29 is 9.59 Å². The Morgan fingerprint density at radius 1 is 0.554 bits per heavy atom. The van der Waals surface area contributed by atoms with Crippen molar-refractivity contribution in [1.29, 1.82) is 0 Å². The van der Waals surface area contributed by atoms with E-state index in [4.69, 9.17) is 0 Å². The second kappa shape index (κ2) is 28.6. The Balaban J connectivity index is 2.72. The predicted octanol–water partition coefficient (Wildman–Crippen LogP) is 9.18. The van der Waals surface area contributed by atoms with E-state index in [1.54, 1.807) is 21.6 Å². The lowest BCUT2D eigenvalue weighted by atomic mass is 9.76. The molecule has 0 atom stereocenters. The Morgan fingerprint density at radius 3 is 1.32 bits per heavy atom. The summed E-state index contributed by atoms with van der Waals surface area (Å²) < 4.78 is 0. The Bertz CT molecular complexity index is 1220. The van der Waals surface area contributed by atoms with Crippen LogP contribution in [0.15, 0.2) is 51.8 Å². The number of carbonyl (C=O) groups is 2. The van der Waals surface area contributed by atoms with Crippen LogP contribution in [0.5, 0.6) is 0 Å². The molecule has 0 saturated heterocycles. The van der Waals surface area contributed by atoms with Gasteiger partial charge in [-0.05, 0) is 147 Å². The van der Waals surface area contributed by atoms with E-state index in [-0.39, 0.29) is 11.8 Å². The molecular weight excluding hydrogens is 733 g/mol. The molecule has 0 saturated carbocycles. The van der Waals surface area contributed by atoms with Gasteiger partial charge in [0.25, 0.3) is 0 Å². The molecular formula is C46H82N6O2S2. The summed E-state index contributed by atoms with van der Waals surface area (Å²) in [6.07, 6.45) is 10.2. The average Bonchev–Trinajstić information content (AvgIpc) is 3.24. The number of hydrogen-bond donors (Lipinski definition) is 0. The lowest BCUT2D eigenvalue weighted by molar-refractivity contribution is -0.153. The summed E-state index contributed by atoms with van der Waals surface area (Å²) in [7, 11) is 3.33. The Labute approximate surface area is 352 Å². The number of rotatable bonds is 31. The number of nitrogens with zero attached hydrogens (tertiary/aromatic N) is 6. The SMILES string of the molecule is CCC1=CCC(C(=O)N(CCCN(CC)CC)CCCN(CC)CC)(C(=O)N(CCCN(CC)CC)CCCN(CC)CC)C(SSc2cccc(CC)c2)=C1. The second-order valence-corrected chi connectivity index (χ2v) is 17.3. The predicted molar refractivity (Wildman–Crippen MR) is 246 cm³/mol. The third-order valence-corrected chi connectivity index (χ3v) is 14.4. The molecule has 0 aromatic heterocycles. The van der Waals surface area contributed by atoms with Crippen LogP contribution in [0.1, 0.15) is 113 Å². The van der Waals surface area contributed by atoms with Crippen molar-refractivity contribution in [3.63, 3.8) is 0 Å². The zero-order chi connectivity index (χ0) is 41.3. The Morgan fingerprint density at radius 2 is 0.964 bits per heavy atom. The van der Waals surface area contributed by atoms with Crippen molar-refractivity contribution in [2.45, 2.75) is 119 Å². The minimum absolute atomic E-state index is 0.00728. The van der Waals surface area contributed by atoms with Crippen LogP contribution in [0.2, 0.25) is 0 Å². The van der Waals surface area contributed by atoms with Gasteiger partial charge in [-0.3, -0.25) is 9.59 Å². The fourth-order valence-electron chi connectivity index (χ4n) is 7.73. The highest BCUT2D eigenvalue weighted by molar-refractivity contribution is 8.78. The molecule has 0 heterocycles. The normalized spacial score (nSPS) is 14.2. The van der Waals surface area contributed by atoms with Gasteiger partial charge in [0.1, 0.15) is 0 Å². The standard InChI is InChI=1S/C46H82N6O2S2/c1-11-40-26-21-27-42(38-40)55-56-43-39-41(12-2)28-29-46(43,44(53)51(34-22-30-47(13-3)14-4)35-23-31-48(15-5)16-6)45(54)52(36-24-32-49(17-7)18-8)37-25-33-50(19-9)20-10/h21,26-28,38-39H,11-20,22-25,29-37H2,1-10H3. The van der Waals surface area contributed by atoms with E-state index in [1.807, 2.05) is 0 Å². The largest absolute Gasteiger partial charge is 0.341 e. The highest BCUT2D eigenvalue weighted by Gasteiger charge is 2.53. The van der Waals surface area contributed by atoms with E-state index in [0.717, 1.165) is 127 Å². The molecule has 1 aromatic rings. The van der Waals surface area contributed by atoms with E-state index in [0.29, 0.717) is 32.6 Å². The number of carbonyl (C=O) groups excluding carboxylic acids is 2. The van der Waals surface area contributed by atoms with E-state index < -0.39 is 5.41 Å². The molecule has 0 unspecified atom stereocenters. The van der Waals surface area contributed by atoms with Crippen molar-refractivity contribution in [2.75, 3.05) is 105 Å². The van der Waals surface area contributed by atoms with Crippen LogP contribution in [0.3, 0.4) is 0 Å². The quantitative estimate of drug-likeness (QED) is 0.0544. The molecule has 2 amide bonds. The zero-order valence-electron chi connectivity index (χ0n) is 37.5. The first-order valence-corrected chi connectivity index (χ1v) is 24.6. The Hall–Kier alpha value is -1.82. The minimum Gasteiger partial charge on any atom is -0.341 e. The van der Waals surface area contributed by atoms with Crippen molar-refractivity contribution in [3.05, 3.63) is 52.5 Å². The average molecular weight is 815 g/mol. The number of aryl methyl sites for hydroxylation is 1. The summed E-state index contributed by atoms with van der Waals surface area (Å²) in [6.45, 7) is 36.4. The van der Waals surface area contributed by atoms with Gasteiger partial charge in [0, 0.05) is 36.0 Å². The van der Waals surface area contributed by atoms with Gasteiger partial charge in [0.05, 0.1) is 0 Å². The number of benzene rings is 1. The monoisotopic (exact) mass is 815 g/mol. The third-order valence-electron chi connectivity index (χ3n) is 11.8. The first kappa shape index (κ1) is 50.3. The highest BCUT2D eigenvalue weighted by Crippen LogP contribution is 2.52. The van der Waals surface area contributed by atoms with E-state index in [1.165, 1.54) is 11.1 Å². The van der Waals surface area contributed by atoms with Crippen molar-refractivity contribution in [2.24, 2.45) is 5.41 Å². The molecule has 1 aliphatic rings. The third kappa shape index (κ3) is 15.7. The fraction of sp³-hybridized carbons (Fsp3) is 0.739. The van der Waals surface area contributed by atoms with E-state index in [2.05, 4.69) is 135 Å². The molecule has 0 fully saturated rings. The number of amides is 2. The minimum atomic E-state index is -1.30. The fourth-order valence-corrected chi connectivity index (χ4v) is 10.3. The molecule has 0 aliphatic heterocycles. The highest BCUT2D eigenvalue weighted by atomic mass is 33.1. The van der Waals surface area contributed by atoms with Gasteiger partial charge in [-0.25, -0.2) is 0 Å². The van der Waals surface area contributed by atoms with Gasteiger partial charge < -0.3 is 29.4 Å². The van der Waals surface area contributed by atoms with Crippen molar-refractivity contribution >= 4 is 33.4 Å². The van der Waals surface area contributed by atoms with Crippen LogP contribution < -0.4 is 0 Å². The van der Waals surface area contributed by atoms with E-state index >= 15 is 9.59 Å². The number of hydrogen-bond acceptors (Lipinski definition) is 8. The van der Waals surface area contributed by atoms with Gasteiger partial charge in [-0.15, -0.1) is 0 Å². The van der Waals surface area contributed by atoms with Gasteiger partial charge in [-0.2, -0.15) is 0 Å². The van der Waals surface area contributed by atoms with Gasteiger partial charge in [-0.1, -0.05) is 115 Å². The maximum Gasteiger partial charge on any atom is 0.243 e. The molecule has 0 radical (unpaired) electrons. The number of allylic oxidation sites excluding steroid dienone is 3. The maximum atomic E-state index is 15.8. The summed E-state index contributed by atoms with van der Waals surface area (Å²) in [4.78, 5) is 47.6. The molecule has 2 rings (SSSR count). The first-order valence-electron chi connectivity index (χ1n) is 22.5. The molecule has 0 bridgehead atoms.